The van der Waals surface area contributed by atoms with E-state index < -0.39 is 0 Å². The zero-order chi connectivity index (χ0) is 13.6. The second-order valence-corrected chi connectivity index (χ2v) is 6.20. The standard InChI is InChI=1S/C14H21BrFNO/c1-14(2,6-3-7-18)10-17-9-11-4-5-12(15)13(16)8-11/h4-5,8,17-18H,3,6-7,9-10H2,1-2H3. The first-order valence-corrected chi connectivity index (χ1v) is 6.99. The van der Waals surface area contributed by atoms with E-state index in [9.17, 15) is 4.39 Å². The molecule has 0 aromatic heterocycles. The van der Waals surface area contributed by atoms with Crippen LogP contribution in [0.3, 0.4) is 0 Å². The van der Waals surface area contributed by atoms with Crippen molar-refractivity contribution in [2.75, 3.05) is 13.2 Å². The molecule has 0 aliphatic carbocycles. The van der Waals surface area contributed by atoms with Gasteiger partial charge in [-0.3, -0.25) is 0 Å². The third-order valence-electron chi connectivity index (χ3n) is 2.93. The molecule has 0 aliphatic heterocycles. The Hall–Kier alpha value is -0.450. The minimum Gasteiger partial charge on any atom is -0.396 e. The Morgan fingerprint density at radius 2 is 2.11 bits per heavy atom. The van der Waals surface area contributed by atoms with Crippen molar-refractivity contribution in [2.45, 2.75) is 33.2 Å². The van der Waals surface area contributed by atoms with Gasteiger partial charge in [0.25, 0.3) is 0 Å². The molecule has 18 heavy (non-hydrogen) atoms. The number of nitrogens with one attached hydrogen (secondary N) is 1. The zero-order valence-electron chi connectivity index (χ0n) is 11.0. The summed E-state index contributed by atoms with van der Waals surface area (Å²) in [5, 5.41) is 12.2. The fourth-order valence-corrected chi connectivity index (χ4v) is 2.09. The molecule has 0 atom stereocenters. The average Bonchev–Trinajstić information content (AvgIpc) is 2.31. The maximum absolute atomic E-state index is 13.3. The smallest absolute Gasteiger partial charge is 0.137 e. The lowest BCUT2D eigenvalue weighted by molar-refractivity contribution is 0.236. The van der Waals surface area contributed by atoms with Crippen LogP contribution >= 0.6 is 15.9 Å². The number of hydrogen-bond donors (Lipinski definition) is 2. The molecule has 0 bridgehead atoms. The fraction of sp³-hybridized carbons (Fsp3) is 0.571. The molecular weight excluding hydrogens is 297 g/mol. The van der Waals surface area contributed by atoms with Crippen LogP contribution in [0.25, 0.3) is 0 Å². The second-order valence-electron chi connectivity index (χ2n) is 5.34. The maximum atomic E-state index is 13.3. The minimum absolute atomic E-state index is 0.149. The van der Waals surface area contributed by atoms with Crippen molar-refractivity contribution in [3.05, 3.63) is 34.1 Å². The van der Waals surface area contributed by atoms with Crippen molar-refractivity contribution in [1.82, 2.24) is 5.32 Å². The Bertz CT molecular complexity index is 382. The molecule has 0 heterocycles. The highest BCUT2D eigenvalue weighted by Crippen LogP contribution is 2.21. The van der Waals surface area contributed by atoms with E-state index in [1.807, 2.05) is 6.07 Å². The summed E-state index contributed by atoms with van der Waals surface area (Å²) in [6, 6.07) is 5.17. The van der Waals surface area contributed by atoms with Gasteiger partial charge < -0.3 is 10.4 Å². The van der Waals surface area contributed by atoms with E-state index in [2.05, 4.69) is 35.1 Å². The number of aliphatic hydroxyl groups excluding tert-OH is 1. The number of aliphatic hydroxyl groups is 1. The molecule has 0 saturated heterocycles. The van der Waals surface area contributed by atoms with Gasteiger partial charge >= 0.3 is 0 Å². The molecule has 4 heteroatoms. The van der Waals surface area contributed by atoms with E-state index in [4.69, 9.17) is 5.11 Å². The van der Waals surface area contributed by atoms with Gasteiger partial charge in [-0.1, -0.05) is 19.9 Å². The van der Waals surface area contributed by atoms with Crippen LogP contribution in [-0.4, -0.2) is 18.3 Å². The third kappa shape index (κ3) is 5.46. The van der Waals surface area contributed by atoms with E-state index in [0.717, 1.165) is 24.9 Å². The molecular formula is C14H21BrFNO. The van der Waals surface area contributed by atoms with Crippen LogP contribution in [0.1, 0.15) is 32.3 Å². The lowest BCUT2D eigenvalue weighted by Gasteiger charge is -2.24. The Morgan fingerprint density at radius 1 is 1.39 bits per heavy atom. The van der Waals surface area contributed by atoms with Crippen molar-refractivity contribution in [1.29, 1.82) is 0 Å². The molecule has 1 aromatic rings. The number of rotatable bonds is 7. The van der Waals surface area contributed by atoms with Gasteiger partial charge in [0.2, 0.25) is 0 Å². The quantitative estimate of drug-likeness (QED) is 0.807. The summed E-state index contributed by atoms with van der Waals surface area (Å²) in [5.74, 6) is -0.228. The van der Waals surface area contributed by atoms with Crippen molar-refractivity contribution >= 4 is 15.9 Å². The van der Waals surface area contributed by atoms with E-state index >= 15 is 0 Å². The van der Waals surface area contributed by atoms with Crippen LogP contribution in [0.2, 0.25) is 0 Å². The summed E-state index contributed by atoms with van der Waals surface area (Å²) in [6.45, 7) is 6.08. The first kappa shape index (κ1) is 15.6. The number of halogens is 2. The Kier molecular flexibility index (Phi) is 6.26. The Labute approximate surface area is 117 Å². The van der Waals surface area contributed by atoms with Crippen LogP contribution in [0.5, 0.6) is 0 Å². The van der Waals surface area contributed by atoms with Crippen LogP contribution in [0, 0.1) is 11.2 Å². The molecule has 0 spiro atoms. The molecule has 102 valence electrons. The van der Waals surface area contributed by atoms with Gasteiger partial charge in [-0.05, 0) is 51.9 Å². The summed E-state index contributed by atoms with van der Waals surface area (Å²) >= 11 is 3.14. The Morgan fingerprint density at radius 3 is 2.72 bits per heavy atom. The van der Waals surface area contributed by atoms with Crippen molar-refractivity contribution in [3.63, 3.8) is 0 Å². The fourth-order valence-electron chi connectivity index (χ4n) is 1.84. The van der Waals surface area contributed by atoms with E-state index in [1.165, 1.54) is 6.07 Å². The van der Waals surface area contributed by atoms with Crippen LogP contribution in [0.15, 0.2) is 22.7 Å². The molecule has 1 aromatic carbocycles. The van der Waals surface area contributed by atoms with Gasteiger partial charge in [-0.25, -0.2) is 4.39 Å². The van der Waals surface area contributed by atoms with Gasteiger partial charge in [-0.2, -0.15) is 0 Å². The maximum Gasteiger partial charge on any atom is 0.137 e. The molecule has 0 saturated carbocycles. The van der Waals surface area contributed by atoms with Crippen LogP contribution < -0.4 is 5.32 Å². The highest BCUT2D eigenvalue weighted by atomic mass is 79.9. The predicted molar refractivity (Wildman–Crippen MR) is 75.9 cm³/mol. The zero-order valence-corrected chi connectivity index (χ0v) is 12.6. The van der Waals surface area contributed by atoms with Gasteiger partial charge in [0, 0.05) is 19.7 Å². The summed E-state index contributed by atoms with van der Waals surface area (Å²) < 4.78 is 13.8. The minimum atomic E-state index is -0.228. The summed E-state index contributed by atoms with van der Waals surface area (Å²) in [6.07, 6.45) is 1.80. The van der Waals surface area contributed by atoms with E-state index in [-0.39, 0.29) is 17.8 Å². The first-order chi connectivity index (χ1) is 8.44. The Balaban J connectivity index is 2.39. The van der Waals surface area contributed by atoms with Gasteiger partial charge in [-0.15, -0.1) is 0 Å². The summed E-state index contributed by atoms with van der Waals surface area (Å²) in [4.78, 5) is 0. The average molecular weight is 318 g/mol. The largest absolute Gasteiger partial charge is 0.396 e. The molecule has 0 aliphatic rings. The van der Waals surface area contributed by atoms with Crippen molar-refractivity contribution in [2.24, 2.45) is 5.41 Å². The summed E-state index contributed by atoms with van der Waals surface area (Å²) in [7, 11) is 0. The van der Waals surface area contributed by atoms with Gasteiger partial charge in [0.15, 0.2) is 0 Å². The molecule has 0 fully saturated rings. The van der Waals surface area contributed by atoms with E-state index in [1.54, 1.807) is 6.07 Å². The lowest BCUT2D eigenvalue weighted by Crippen LogP contribution is -2.29. The predicted octanol–water partition coefficient (Wildman–Crippen LogP) is 3.48. The molecule has 0 unspecified atom stereocenters. The van der Waals surface area contributed by atoms with Gasteiger partial charge in [0.05, 0.1) is 4.47 Å². The highest BCUT2D eigenvalue weighted by Gasteiger charge is 2.16. The monoisotopic (exact) mass is 317 g/mol. The molecule has 2 N–H and O–H groups in total. The molecule has 1 rings (SSSR count). The van der Waals surface area contributed by atoms with Crippen LogP contribution in [-0.2, 0) is 6.54 Å². The van der Waals surface area contributed by atoms with E-state index in [0.29, 0.717) is 11.0 Å². The summed E-state index contributed by atoms with van der Waals surface area (Å²) in [5.41, 5.74) is 1.09. The van der Waals surface area contributed by atoms with Crippen molar-refractivity contribution < 1.29 is 9.50 Å². The molecule has 0 radical (unpaired) electrons. The number of benzene rings is 1. The second kappa shape index (κ2) is 7.22. The normalized spacial score (nSPS) is 11.8. The molecule has 2 nitrogen and oxygen atoms in total. The highest BCUT2D eigenvalue weighted by molar-refractivity contribution is 9.10. The topological polar surface area (TPSA) is 32.3 Å². The van der Waals surface area contributed by atoms with Crippen molar-refractivity contribution in [3.8, 4) is 0 Å². The lowest BCUT2D eigenvalue weighted by atomic mass is 9.88. The number of hydrogen-bond acceptors (Lipinski definition) is 2. The third-order valence-corrected chi connectivity index (χ3v) is 3.57. The SMILES string of the molecule is CC(C)(CCCO)CNCc1ccc(Br)c(F)c1. The molecule has 0 amide bonds. The van der Waals surface area contributed by atoms with Crippen LogP contribution in [0.4, 0.5) is 4.39 Å². The van der Waals surface area contributed by atoms with Gasteiger partial charge in [0.1, 0.15) is 5.82 Å². The first-order valence-electron chi connectivity index (χ1n) is 6.20.